The lowest BCUT2D eigenvalue weighted by atomic mass is 9.75. The number of hydrogen-bond donors (Lipinski definition) is 3. The number of carbonyl (C=O) groups is 1. The average Bonchev–Trinajstić information content (AvgIpc) is 2.34. The van der Waals surface area contributed by atoms with Crippen LogP contribution in [0.1, 0.15) is 40.2 Å². The van der Waals surface area contributed by atoms with E-state index in [-0.39, 0.29) is 11.2 Å². The van der Waals surface area contributed by atoms with E-state index in [1.807, 2.05) is 0 Å². The first-order valence-electron chi connectivity index (χ1n) is 7.22. The van der Waals surface area contributed by atoms with Gasteiger partial charge in [0.05, 0.1) is 16.8 Å². The van der Waals surface area contributed by atoms with Gasteiger partial charge in [-0.05, 0) is 33.8 Å². The van der Waals surface area contributed by atoms with Crippen LogP contribution in [-0.2, 0) is 15.6 Å². The fraction of sp³-hybridized carbons (Fsp3) is 0.533. The van der Waals surface area contributed by atoms with Gasteiger partial charge in [0.2, 0.25) is 5.91 Å². The Balaban J connectivity index is 3.24. The molecule has 1 amide bonds. The summed E-state index contributed by atoms with van der Waals surface area (Å²) in [6.45, 7) is 7.14. The Hall–Kier alpha value is -1.58. The first-order chi connectivity index (χ1) is 10.6. The van der Waals surface area contributed by atoms with Crippen LogP contribution in [0.2, 0.25) is 0 Å². The van der Waals surface area contributed by atoms with Crippen molar-refractivity contribution >= 4 is 24.2 Å². The number of anilines is 1. The number of hydrogen-bond acceptors (Lipinski definition) is 4. The molecule has 0 spiro atoms. The second-order valence-electron chi connectivity index (χ2n) is 6.52. The van der Waals surface area contributed by atoms with Gasteiger partial charge in [-0.2, -0.15) is 13.2 Å². The van der Waals surface area contributed by atoms with Gasteiger partial charge >= 0.3 is 13.3 Å². The SMILES string of the molecule is CC(=O)Nc1cc(C(F)(F)F)ccc1B(O)OC(C)(C)C(C)(C)O. The van der Waals surface area contributed by atoms with Crippen LogP contribution in [0.3, 0.4) is 0 Å². The zero-order chi connectivity index (χ0) is 18.9. The van der Waals surface area contributed by atoms with Crippen molar-refractivity contribution in [1.29, 1.82) is 0 Å². The second-order valence-corrected chi connectivity index (χ2v) is 6.52. The Morgan fingerprint density at radius 1 is 1.21 bits per heavy atom. The minimum atomic E-state index is -4.59. The molecule has 0 saturated carbocycles. The molecule has 24 heavy (non-hydrogen) atoms. The molecule has 3 N–H and O–H groups in total. The molecular weight excluding hydrogens is 326 g/mol. The lowest BCUT2D eigenvalue weighted by molar-refractivity contribution is -0.137. The molecule has 0 atom stereocenters. The maximum absolute atomic E-state index is 12.8. The molecular formula is C15H21BF3NO4. The summed E-state index contributed by atoms with van der Waals surface area (Å²) in [5.41, 5.74) is -3.76. The Kier molecular flexibility index (Phi) is 5.75. The summed E-state index contributed by atoms with van der Waals surface area (Å²) in [6.07, 6.45) is -4.59. The topological polar surface area (TPSA) is 78.8 Å². The molecule has 0 aliphatic rings. The van der Waals surface area contributed by atoms with Gasteiger partial charge in [-0.1, -0.05) is 12.1 Å². The zero-order valence-electron chi connectivity index (χ0n) is 14.2. The number of aliphatic hydroxyl groups is 1. The van der Waals surface area contributed by atoms with Crippen LogP contribution in [0, 0.1) is 0 Å². The van der Waals surface area contributed by atoms with Crippen LogP contribution < -0.4 is 10.8 Å². The minimum absolute atomic E-state index is 0.0458. The lowest BCUT2D eigenvalue weighted by Crippen LogP contribution is -2.53. The van der Waals surface area contributed by atoms with Gasteiger partial charge in [0.15, 0.2) is 0 Å². The molecule has 0 aliphatic carbocycles. The highest BCUT2D eigenvalue weighted by Gasteiger charge is 2.40. The molecule has 0 heterocycles. The second kappa shape index (κ2) is 6.74. The van der Waals surface area contributed by atoms with Crippen molar-refractivity contribution < 1.29 is 32.8 Å². The van der Waals surface area contributed by atoms with Gasteiger partial charge in [-0.3, -0.25) is 4.79 Å². The summed E-state index contributed by atoms with van der Waals surface area (Å²) >= 11 is 0. The number of halogens is 3. The predicted molar refractivity (Wildman–Crippen MR) is 84.8 cm³/mol. The van der Waals surface area contributed by atoms with Crippen LogP contribution in [-0.4, -0.2) is 34.4 Å². The zero-order valence-corrected chi connectivity index (χ0v) is 14.2. The Morgan fingerprint density at radius 3 is 2.17 bits per heavy atom. The normalized spacial score (nSPS) is 12.9. The van der Waals surface area contributed by atoms with E-state index in [0.29, 0.717) is 0 Å². The van der Waals surface area contributed by atoms with Gasteiger partial charge < -0.3 is 20.1 Å². The van der Waals surface area contributed by atoms with Gasteiger partial charge in [0, 0.05) is 18.1 Å². The quantitative estimate of drug-likeness (QED) is 0.711. The molecule has 0 unspecified atom stereocenters. The Labute approximate surface area is 139 Å². The number of amides is 1. The molecule has 0 bridgehead atoms. The summed E-state index contributed by atoms with van der Waals surface area (Å²) < 4.78 is 43.9. The smallest absolute Gasteiger partial charge is 0.423 e. The fourth-order valence-electron chi connectivity index (χ4n) is 1.73. The van der Waals surface area contributed by atoms with Crippen molar-refractivity contribution in [3.63, 3.8) is 0 Å². The summed E-state index contributed by atoms with van der Waals surface area (Å²) in [5.74, 6) is -0.593. The van der Waals surface area contributed by atoms with Gasteiger partial charge in [0.1, 0.15) is 0 Å². The third kappa shape index (κ3) is 4.96. The molecule has 1 aromatic carbocycles. The Morgan fingerprint density at radius 2 is 1.75 bits per heavy atom. The van der Waals surface area contributed by atoms with Crippen molar-refractivity contribution in [2.45, 2.75) is 52.0 Å². The molecule has 134 valence electrons. The number of carbonyl (C=O) groups excluding carboxylic acids is 1. The Bertz CT molecular complexity index is 612. The van der Waals surface area contributed by atoms with Crippen molar-refractivity contribution in [3.05, 3.63) is 23.8 Å². The molecule has 5 nitrogen and oxygen atoms in total. The summed E-state index contributed by atoms with van der Waals surface area (Å²) in [5, 5.41) is 22.5. The van der Waals surface area contributed by atoms with Crippen LogP contribution in [0.15, 0.2) is 18.2 Å². The molecule has 0 aliphatic heterocycles. The molecule has 0 saturated heterocycles. The third-order valence-corrected chi connectivity index (χ3v) is 3.84. The van der Waals surface area contributed by atoms with E-state index in [9.17, 15) is 28.1 Å². The van der Waals surface area contributed by atoms with Crippen LogP contribution in [0.4, 0.5) is 18.9 Å². The van der Waals surface area contributed by atoms with E-state index in [1.54, 1.807) is 0 Å². The molecule has 9 heteroatoms. The van der Waals surface area contributed by atoms with Crippen molar-refractivity contribution in [1.82, 2.24) is 0 Å². The molecule has 0 aromatic heterocycles. The highest BCUT2D eigenvalue weighted by Crippen LogP contribution is 2.31. The van der Waals surface area contributed by atoms with E-state index >= 15 is 0 Å². The maximum Gasteiger partial charge on any atom is 0.493 e. The molecule has 0 fully saturated rings. The first-order valence-corrected chi connectivity index (χ1v) is 7.22. The molecule has 0 radical (unpaired) electrons. The number of nitrogens with one attached hydrogen (secondary N) is 1. The number of benzene rings is 1. The number of alkyl halides is 3. The first kappa shape index (κ1) is 20.5. The molecule has 1 rings (SSSR count). The third-order valence-electron chi connectivity index (χ3n) is 3.84. The van der Waals surface area contributed by atoms with E-state index in [2.05, 4.69) is 5.32 Å². The van der Waals surface area contributed by atoms with Crippen LogP contribution in [0.25, 0.3) is 0 Å². The van der Waals surface area contributed by atoms with E-state index < -0.39 is 36.0 Å². The number of rotatable bonds is 5. The fourth-order valence-corrected chi connectivity index (χ4v) is 1.73. The van der Waals surface area contributed by atoms with Gasteiger partial charge in [-0.15, -0.1) is 0 Å². The van der Waals surface area contributed by atoms with Crippen molar-refractivity contribution in [3.8, 4) is 0 Å². The van der Waals surface area contributed by atoms with Crippen LogP contribution >= 0.6 is 0 Å². The van der Waals surface area contributed by atoms with Gasteiger partial charge in [0.25, 0.3) is 0 Å². The van der Waals surface area contributed by atoms with Gasteiger partial charge in [-0.25, -0.2) is 0 Å². The largest absolute Gasteiger partial charge is 0.493 e. The highest BCUT2D eigenvalue weighted by molar-refractivity contribution is 6.62. The van der Waals surface area contributed by atoms with Crippen molar-refractivity contribution in [2.75, 3.05) is 5.32 Å². The van der Waals surface area contributed by atoms with Crippen molar-refractivity contribution in [2.24, 2.45) is 0 Å². The maximum atomic E-state index is 12.8. The lowest BCUT2D eigenvalue weighted by Gasteiger charge is -2.38. The molecule has 1 aromatic rings. The highest BCUT2D eigenvalue weighted by atomic mass is 19.4. The standard InChI is InChI=1S/C15H21BF3NO4/c1-9(21)20-12-8-10(15(17,18)19)6-7-11(12)16(23)24-14(4,5)13(2,3)22/h6-8,22-23H,1-5H3,(H,20,21). The average molecular weight is 347 g/mol. The summed E-state index contributed by atoms with van der Waals surface area (Å²) in [6, 6.07) is 2.53. The predicted octanol–water partition coefficient (Wildman–Crippen LogP) is 1.92. The van der Waals surface area contributed by atoms with E-state index in [4.69, 9.17) is 4.65 Å². The monoisotopic (exact) mass is 347 g/mol. The summed E-state index contributed by atoms with van der Waals surface area (Å²) in [4.78, 5) is 11.2. The summed E-state index contributed by atoms with van der Waals surface area (Å²) in [7, 11) is -1.64. The van der Waals surface area contributed by atoms with E-state index in [0.717, 1.165) is 25.1 Å². The minimum Gasteiger partial charge on any atom is -0.423 e. The van der Waals surface area contributed by atoms with Crippen LogP contribution in [0.5, 0.6) is 0 Å². The van der Waals surface area contributed by atoms with E-state index in [1.165, 1.54) is 27.7 Å².